The highest BCUT2D eigenvalue weighted by Crippen LogP contribution is 2.20. The van der Waals surface area contributed by atoms with Crippen LogP contribution in [0.4, 0.5) is 0 Å². The number of nitrogens with one attached hydrogen (secondary N) is 2. The normalized spacial score (nSPS) is 10.9. The van der Waals surface area contributed by atoms with Gasteiger partial charge in [0.1, 0.15) is 0 Å². The summed E-state index contributed by atoms with van der Waals surface area (Å²) in [6, 6.07) is 16.3. The lowest BCUT2D eigenvalue weighted by Gasteiger charge is -2.26. The van der Waals surface area contributed by atoms with Crippen molar-refractivity contribution in [2.45, 2.75) is 33.4 Å². The molecule has 158 valence electrons. The van der Waals surface area contributed by atoms with Gasteiger partial charge in [-0.05, 0) is 55.2 Å². The predicted molar refractivity (Wildman–Crippen MR) is 127 cm³/mol. The van der Waals surface area contributed by atoms with Gasteiger partial charge in [-0.2, -0.15) is 0 Å². The SMILES string of the molecule is COCCCNC(=S)N(Cc1ccccc1)Cc1cc2c(C)ccc(C)c2[nH]c1=O. The first-order valence-electron chi connectivity index (χ1n) is 10.2. The van der Waals surface area contributed by atoms with Gasteiger partial charge < -0.3 is 19.9 Å². The van der Waals surface area contributed by atoms with Gasteiger partial charge in [-0.15, -0.1) is 0 Å². The first-order valence-corrected chi connectivity index (χ1v) is 10.6. The molecule has 3 aromatic rings. The summed E-state index contributed by atoms with van der Waals surface area (Å²) in [5.41, 5.74) is 4.88. The van der Waals surface area contributed by atoms with Crippen molar-refractivity contribution in [3.05, 3.63) is 81.1 Å². The monoisotopic (exact) mass is 423 g/mol. The average molecular weight is 424 g/mol. The molecule has 0 atom stereocenters. The number of aromatic nitrogens is 1. The number of aryl methyl sites for hydroxylation is 2. The van der Waals surface area contributed by atoms with Crippen LogP contribution in [0.2, 0.25) is 0 Å². The highest BCUT2D eigenvalue weighted by Gasteiger charge is 2.15. The lowest BCUT2D eigenvalue weighted by molar-refractivity contribution is 0.195. The van der Waals surface area contributed by atoms with Gasteiger partial charge in [0.2, 0.25) is 0 Å². The van der Waals surface area contributed by atoms with Gasteiger partial charge in [0.05, 0.1) is 12.1 Å². The fourth-order valence-corrected chi connectivity index (χ4v) is 3.70. The summed E-state index contributed by atoms with van der Waals surface area (Å²) < 4.78 is 5.11. The minimum atomic E-state index is -0.0727. The van der Waals surface area contributed by atoms with Gasteiger partial charge in [-0.3, -0.25) is 4.79 Å². The quantitative estimate of drug-likeness (QED) is 0.423. The van der Waals surface area contributed by atoms with Crippen molar-refractivity contribution in [1.82, 2.24) is 15.2 Å². The Morgan fingerprint density at radius 2 is 1.83 bits per heavy atom. The lowest BCUT2D eigenvalue weighted by Crippen LogP contribution is -2.40. The van der Waals surface area contributed by atoms with Crippen molar-refractivity contribution >= 4 is 28.2 Å². The molecule has 1 aromatic heterocycles. The zero-order valence-corrected chi connectivity index (χ0v) is 18.6. The second-order valence-corrected chi connectivity index (χ2v) is 7.92. The van der Waals surface area contributed by atoms with Crippen molar-refractivity contribution < 1.29 is 4.74 Å². The van der Waals surface area contributed by atoms with E-state index in [1.165, 1.54) is 0 Å². The first kappa shape index (κ1) is 22.0. The van der Waals surface area contributed by atoms with Crippen molar-refractivity contribution in [2.24, 2.45) is 0 Å². The molecule has 0 fully saturated rings. The van der Waals surface area contributed by atoms with Gasteiger partial charge >= 0.3 is 0 Å². The molecule has 0 spiro atoms. The van der Waals surface area contributed by atoms with Gasteiger partial charge in [0.15, 0.2) is 5.11 Å². The minimum Gasteiger partial charge on any atom is -0.385 e. The van der Waals surface area contributed by atoms with Crippen molar-refractivity contribution in [1.29, 1.82) is 0 Å². The van der Waals surface area contributed by atoms with Crippen LogP contribution in [0.3, 0.4) is 0 Å². The van der Waals surface area contributed by atoms with E-state index in [9.17, 15) is 4.79 Å². The van der Waals surface area contributed by atoms with E-state index in [1.54, 1.807) is 7.11 Å². The molecule has 6 heteroatoms. The molecular weight excluding hydrogens is 394 g/mol. The molecule has 0 saturated heterocycles. The van der Waals surface area contributed by atoms with Crippen LogP contribution in [0, 0.1) is 13.8 Å². The molecule has 2 aromatic carbocycles. The number of benzene rings is 2. The second-order valence-electron chi connectivity index (χ2n) is 7.53. The van der Waals surface area contributed by atoms with Crippen molar-refractivity contribution in [3.63, 3.8) is 0 Å². The minimum absolute atomic E-state index is 0.0727. The van der Waals surface area contributed by atoms with E-state index in [1.807, 2.05) is 42.2 Å². The van der Waals surface area contributed by atoms with Gasteiger partial charge in [0.25, 0.3) is 5.56 Å². The molecular formula is C24H29N3O2S. The molecule has 0 aliphatic rings. The Bertz CT molecular complexity index is 1060. The molecule has 0 unspecified atom stereocenters. The summed E-state index contributed by atoms with van der Waals surface area (Å²) in [6.07, 6.45) is 0.866. The third-order valence-electron chi connectivity index (χ3n) is 5.19. The Hall–Kier alpha value is -2.70. The Kier molecular flexibility index (Phi) is 7.60. The summed E-state index contributed by atoms with van der Waals surface area (Å²) in [5, 5.41) is 5.01. The molecule has 0 radical (unpaired) electrons. The Labute approximate surface area is 183 Å². The molecule has 0 saturated carbocycles. The van der Waals surface area contributed by atoms with Crippen LogP contribution in [-0.4, -0.2) is 35.3 Å². The Morgan fingerprint density at radius 3 is 2.57 bits per heavy atom. The Balaban J connectivity index is 1.88. The second kappa shape index (κ2) is 10.4. The zero-order valence-electron chi connectivity index (χ0n) is 17.8. The van der Waals surface area contributed by atoms with E-state index in [0.717, 1.165) is 40.6 Å². The fourth-order valence-electron chi connectivity index (χ4n) is 3.47. The molecule has 5 nitrogen and oxygen atoms in total. The topological polar surface area (TPSA) is 57.4 Å². The number of hydrogen-bond acceptors (Lipinski definition) is 3. The standard InChI is InChI=1S/C24H29N3O2S/c1-17-10-11-18(2)22-21(17)14-20(23(28)26-22)16-27(15-19-8-5-4-6-9-19)24(30)25-12-7-13-29-3/h4-6,8-11,14H,7,12-13,15-16H2,1-3H3,(H,25,30)(H,26,28). The van der Waals surface area contributed by atoms with E-state index >= 15 is 0 Å². The largest absolute Gasteiger partial charge is 0.385 e. The van der Waals surface area contributed by atoms with Crippen LogP contribution in [-0.2, 0) is 17.8 Å². The van der Waals surface area contributed by atoms with E-state index in [4.69, 9.17) is 17.0 Å². The summed E-state index contributed by atoms with van der Waals surface area (Å²) in [6.45, 7) is 6.54. The molecule has 1 heterocycles. The maximum atomic E-state index is 12.8. The average Bonchev–Trinajstić information content (AvgIpc) is 2.75. The molecule has 0 amide bonds. The van der Waals surface area contributed by atoms with Crippen molar-refractivity contribution in [2.75, 3.05) is 20.3 Å². The van der Waals surface area contributed by atoms with E-state index < -0.39 is 0 Å². The highest BCUT2D eigenvalue weighted by atomic mass is 32.1. The zero-order chi connectivity index (χ0) is 21.5. The number of aromatic amines is 1. The molecule has 30 heavy (non-hydrogen) atoms. The predicted octanol–water partition coefficient (Wildman–Crippen LogP) is 4.06. The number of thiocarbonyl (C=S) groups is 1. The third kappa shape index (κ3) is 5.46. The summed E-state index contributed by atoms with van der Waals surface area (Å²) >= 11 is 5.67. The van der Waals surface area contributed by atoms with Crippen LogP contribution >= 0.6 is 12.2 Å². The number of pyridine rings is 1. The maximum absolute atomic E-state index is 12.8. The number of fused-ring (bicyclic) bond motifs is 1. The molecule has 0 aliphatic carbocycles. The maximum Gasteiger partial charge on any atom is 0.253 e. The van der Waals surface area contributed by atoms with Gasteiger partial charge in [-0.1, -0.05) is 42.5 Å². The number of nitrogens with zero attached hydrogens (tertiary/aromatic N) is 1. The number of rotatable bonds is 8. The van der Waals surface area contributed by atoms with Gasteiger partial charge in [-0.25, -0.2) is 0 Å². The van der Waals surface area contributed by atoms with Gasteiger partial charge in [0, 0.05) is 37.8 Å². The van der Waals surface area contributed by atoms with E-state index in [0.29, 0.717) is 30.4 Å². The number of methoxy groups -OCH3 is 1. The highest BCUT2D eigenvalue weighted by molar-refractivity contribution is 7.80. The van der Waals surface area contributed by atoms with Crippen LogP contribution < -0.4 is 10.9 Å². The number of H-pyrrole nitrogens is 1. The molecule has 0 aliphatic heterocycles. The number of hydrogen-bond donors (Lipinski definition) is 2. The van der Waals surface area contributed by atoms with Crippen molar-refractivity contribution in [3.8, 4) is 0 Å². The summed E-state index contributed by atoms with van der Waals surface area (Å²) in [4.78, 5) is 18.0. The van der Waals surface area contributed by atoms with Crippen LogP contribution in [0.5, 0.6) is 0 Å². The van der Waals surface area contributed by atoms with Crippen LogP contribution in [0.1, 0.15) is 28.7 Å². The Morgan fingerprint density at radius 1 is 1.10 bits per heavy atom. The van der Waals surface area contributed by atoms with E-state index in [2.05, 4.69) is 35.4 Å². The molecule has 3 rings (SSSR count). The molecule has 2 N–H and O–H groups in total. The number of ether oxygens (including phenoxy) is 1. The van der Waals surface area contributed by atoms with Crippen LogP contribution in [0.25, 0.3) is 10.9 Å². The smallest absolute Gasteiger partial charge is 0.253 e. The fraction of sp³-hybridized carbons (Fsp3) is 0.333. The van der Waals surface area contributed by atoms with Crippen LogP contribution in [0.15, 0.2) is 53.3 Å². The van der Waals surface area contributed by atoms with E-state index in [-0.39, 0.29) is 5.56 Å². The summed E-state index contributed by atoms with van der Waals surface area (Å²) in [7, 11) is 1.69. The lowest BCUT2D eigenvalue weighted by atomic mass is 10.0. The molecule has 0 bridgehead atoms. The third-order valence-corrected chi connectivity index (χ3v) is 5.59. The first-order chi connectivity index (χ1) is 14.5. The summed E-state index contributed by atoms with van der Waals surface area (Å²) in [5.74, 6) is 0.